The van der Waals surface area contributed by atoms with Gasteiger partial charge in [-0.3, -0.25) is 0 Å². The summed E-state index contributed by atoms with van der Waals surface area (Å²) in [6, 6.07) is 6.22. The lowest BCUT2D eigenvalue weighted by atomic mass is 10.1. The molecule has 1 N–H and O–H groups in total. The van der Waals surface area contributed by atoms with E-state index < -0.39 is 0 Å². The molecule has 0 saturated heterocycles. The molecule has 0 aliphatic heterocycles. The number of nitrogens with one attached hydrogen (secondary N) is 1. The van der Waals surface area contributed by atoms with Crippen molar-refractivity contribution in [2.45, 2.75) is 38.1 Å². The highest BCUT2D eigenvalue weighted by atomic mass is 35.5. The zero-order valence-corrected chi connectivity index (χ0v) is 11.7. The number of benzene rings is 1. The van der Waals surface area contributed by atoms with Crippen molar-refractivity contribution in [3.63, 3.8) is 0 Å². The second-order valence-corrected chi connectivity index (χ2v) is 6.03. The first-order chi connectivity index (χ1) is 8.15. The molecule has 3 heteroatoms. The summed E-state index contributed by atoms with van der Waals surface area (Å²) in [5.41, 5.74) is 2.39. The predicted octanol–water partition coefficient (Wildman–Crippen LogP) is 4.15. The average Bonchev–Trinajstić information content (AvgIpc) is 2.68. The summed E-state index contributed by atoms with van der Waals surface area (Å²) in [7, 11) is 0. The molecule has 2 rings (SSSR count). The summed E-state index contributed by atoms with van der Waals surface area (Å²) in [5, 5.41) is 4.73. The van der Waals surface area contributed by atoms with Gasteiger partial charge in [0.1, 0.15) is 0 Å². The van der Waals surface area contributed by atoms with Crippen LogP contribution in [0.3, 0.4) is 0 Å². The lowest BCUT2D eigenvalue weighted by Gasteiger charge is -2.11. The summed E-state index contributed by atoms with van der Waals surface area (Å²) in [6.07, 6.45) is 3.57. The van der Waals surface area contributed by atoms with Gasteiger partial charge in [0.15, 0.2) is 0 Å². The van der Waals surface area contributed by atoms with Gasteiger partial charge in [-0.1, -0.05) is 23.7 Å². The first-order valence-electron chi connectivity index (χ1n) is 6.25. The number of alkyl halides is 1. The highest BCUT2D eigenvalue weighted by molar-refractivity contribution is 6.31. The van der Waals surface area contributed by atoms with Gasteiger partial charge in [-0.15, -0.1) is 11.6 Å². The zero-order chi connectivity index (χ0) is 12.3. The maximum atomic E-state index is 6.19. The number of hydrogen-bond donors (Lipinski definition) is 1. The third kappa shape index (κ3) is 3.87. The van der Waals surface area contributed by atoms with Crippen molar-refractivity contribution in [3.05, 3.63) is 34.3 Å². The quantitative estimate of drug-likeness (QED) is 0.812. The van der Waals surface area contributed by atoms with Gasteiger partial charge in [-0.25, -0.2) is 0 Å². The Bertz CT molecular complexity index is 378. The fraction of sp³-hybridized carbons (Fsp3) is 0.571. The third-order valence-corrected chi connectivity index (χ3v) is 4.18. The van der Waals surface area contributed by atoms with Crippen LogP contribution >= 0.6 is 23.2 Å². The Morgan fingerprint density at radius 3 is 2.82 bits per heavy atom. The summed E-state index contributed by atoms with van der Waals surface area (Å²) in [5.74, 6) is 0.738. The molecule has 0 bridgehead atoms. The van der Waals surface area contributed by atoms with Crippen LogP contribution in [-0.4, -0.2) is 11.9 Å². The van der Waals surface area contributed by atoms with E-state index in [1.807, 2.05) is 6.07 Å². The number of rotatable bonds is 4. The molecule has 1 saturated carbocycles. The van der Waals surface area contributed by atoms with Crippen LogP contribution in [0.1, 0.15) is 30.4 Å². The van der Waals surface area contributed by atoms with Crippen molar-refractivity contribution < 1.29 is 0 Å². The third-order valence-electron chi connectivity index (χ3n) is 3.43. The van der Waals surface area contributed by atoms with Gasteiger partial charge in [-0.05, 0) is 55.8 Å². The van der Waals surface area contributed by atoms with E-state index in [4.69, 9.17) is 23.2 Å². The molecule has 1 aromatic carbocycles. The van der Waals surface area contributed by atoms with Crippen LogP contribution in [0.5, 0.6) is 0 Å². The van der Waals surface area contributed by atoms with Crippen molar-refractivity contribution in [2.24, 2.45) is 5.92 Å². The lowest BCUT2D eigenvalue weighted by Crippen LogP contribution is -2.21. The Kier molecular flexibility index (Phi) is 4.72. The standard InChI is InChI=1S/C14H19Cl2N/c1-10-2-4-12(14(16)6-10)9-17-8-11-3-5-13(15)7-11/h2,4,6,11,13,17H,3,5,7-9H2,1H3. The zero-order valence-electron chi connectivity index (χ0n) is 10.2. The Hall–Kier alpha value is -0.240. The normalized spacial score (nSPS) is 24.2. The van der Waals surface area contributed by atoms with Crippen LogP contribution in [-0.2, 0) is 6.54 Å². The molecule has 17 heavy (non-hydrogen) atoms. The van der Waals surface area contributed by atoms with Crippen LogP contribution < -0.4 is 5.32 Å². The molecule has 1 aliphatic rings. The van der Waals surface area contributed by atoms with Gasteiger partial charge in [0, 0.05) is 16.9 Å². The molecule has 0 amide bonds. The van der Waals surface area contributed by atoms with Crippen molar-refractivity contribution in [1.82, 2.24) is 5.32 Å². The fourth-order valence-electron chi connectivity index (χ4n) is 2.41. The van der Waals surface area contributed by atoms with E-state index in [-0.39, 0.29) is 0 Å². The van der Waals surface area contributed by atoms with Gasteiger partial charge in [0.25, 0.3) is 0 Å². The van der Waals surface area contributed by atoms with Gasteiger partial charge in [0.2, 0.25) is 0 Å². The molecular formula is C14H19Cl2N. The number of aryl methyl sites for hydroxylation is 1. The van der Waals surface area contributed by atoms with Crippen LogP contribution in [0.25, 0.3) is 0 Å². The van der Waals surface area contributed by atoms with Crippen molar-refractivity contribution in [2.75, 3.05) is 6.54 Å². The largest absolute Gasteiger partial charge is 0.312 e. The minimum atomic E-state index is 0.393. The monoisotopic (exact) mass is 271 g/mol. The molecule has 0 spiro atoms. The van der Waals surface area contributed by atoms with Crippen LogP contribution in [0, 0.1) is 12.8 Å². The maximum absolute atomic E-state index is 6.19. The average molecular weight is 272 g/mol. The highest BCUT2D eigenvalue weighted by Crippen LogP contribution is 2.28. The number of halogens is 2. The smallest absolute Gasteiger partial charge is 0.0453 e. The molecule has 0 heterocycles. The second-order valence-electron chi connectivity index (χ2n) is 5.00. The van der Waals surface area contributed by atoms with E-state index in [9.17, 15) is 0 Å². The topological polar surface area (TPSA) is 12.0 Å². The molecule has 1 fully saturated rings. The fourth-order valence-corrected chi connectivity index (χ4v) is 3.09. The highest BCUT2D eigenvalue weighted by Gasteiger charge is 2.22. The van der Waals surface area contributed by atoms with E-state index in [1.165, 1.54) is 24.0 Å². The van der Waals surface area contributed by atoms with Gasteiger partial charge in [-0.2, -0.15) is 0 Å². The molecule has 2 atom stereocenters. The molecule has 1 aliphatic carbocycles. The van der Waals surface area contributed by atoms with Crippen LogP contribution in [0.4, 0.5) is 0 Å². The van der Waals surface area contributed by atoms with Crippen molar-refractivity contribution >= 4 is 23.2 Å². The van der Waals surface area contributed by atoms with Crippen molar-refractivity contribution in [1.29, 1.82) is 0 Å². The Labute approximate surface area is 114 Å². The molecule has 0 radical (unpaired) electrons. The van der Waals surface area contributed by atoms with Crippen LogP contribution in [0.2, 0.25) is 5.02 Å². The molecule has 94 valence electrons. The van der Waals surface area contributed by atoms with E-state index in [0.29, 0.717) is 5.38 Å². The maximum Gasteiger partial charge on any atom is 0.0453 e. The summed E-state index contributed by atoms with van der Waals surface area (Å²) in [6.45, 7) is 3.96. The predicted molar refractivity (Wildman–Crippen MR) is 74.9 cm³/mol. The molecule has 0 aromatic heterocycles. The summed E-state index contributed by atoms with van der Waals surface area (Å²) < 4.78 is 0. The first kappa shape index (κ1) is 13.2. The Morgan fingerprint density at radius 1 is 1.35 bits per heavy atom. The van der Waals surface area contributed by atoms with Crippen molar-refractivity contribution in [3.8, 4) is 0 Å². The summed E-state index contributed by atoms with van der Waals surface area (Å²) in [4.78, 5) is 0. The van der Waals surface area contributed by atoms with Gasteiger partial charge < -0.3 is 5.32 Å². The lowest BCUT2D eigenvalue weighted by molar-refractivity contribution is 0.490. The minimum absolute atomic E-state index is 0.393. The van der Waals surface area contributed by atoms with E-state index in [1.54, 1.807) is 0 Å². The SMILES string of the molecule is Cc1ccc(CNCC2CCC(Cl)C2)c(Cl)c1. The Balaban J connectivity index is 1.78. The molecule has 2 unspecified atom stereocenters. The molecule has 1 aromatic rings. The Morgan fingerprint density at radius 2 is 2.18 bits per heavy atom. The van der Waals surface area contributed by atoms with Gasteiger partial charge in [0.05, 0.1) is 0 Å². The summed E-state index contributed by atoms with van der Waals surface area (Å²) >= 11 is 12.3. The number of hydrogen-bond acceptors (Lipinski definition) is 1. The second kappa shape index (κ2) is 6.08. The van der Waals surface area contributed by atoms with E-state index in [2.05, 4.69) is 24.4 Å². The molecular weight excluding hydrogens is 253 g/mol. The van der Waals surface area contributed by atoms with Crippen LogP contribution in [0.15, 0.2) is 18.2 Å². The first-order valence-corrected chi connectivity index (χ1v) is 7.06. The minimum Gasteiger partial charge on any atom is -0.312 e. The van der Waals surface area contributed by atoms with E-state index in [0.717, 1.165) is 30.5 Å². The molecule has 1 nitrogen and oxygen atoms in total. The van der Waals surface area contributed by atoms with Gasteiger partial charge >= 0.3 is 0 Å². The van der Waals surface area contributed by atoms with E-state index >= 15 is 0 Å².